The van der Waals surface area contributed by atoms with Gasteiger partial charge in [-0.3, -0.25) is 0 Å². The van der Waals surface area contributed by atoms with Crippen LogP contribution in [0.15, 0.2) is 12.2 Å². The zero-order valence-electron chi connectivity index (χ0n) is 12.5. The van der Waals surface area contributed by atoms with Gasteiger partial charge in [-0.15, -0.1) is 0 Å². The Kier molecular flexibility index (Phi) is 7.60. The maximum Gasteiger partial charge on any atom is 0.0756 e. The molecule has 0 aliphatic heterocycles. The minimum Gasteiger partial charge on any atom is -0.374 e. The minimum atomic E-state index is 0.290. The molecule has 0 saturated carbocycles. The fourth-order valence-corrected chi connectivity index (χ4v) is 2.04. The molecule has 0 unspecified atom stereocenters. The first kappa shape index (κ1) is 15.7. The van der Waals surface area contributed by atoms with Crippen molar-refractivity contribution in [2.45, 2.75) is 65.6 Å². The van der Waals surface area contributed by atoms with Gasteiger partial charge in [-0.25, -0.2) is 0 Å². The number of hydrogen-bond donors (Lipinski definition) is 0. The fourth-order valence-electron chi connectivity index (χ4n) is 2.04. The molecule has 1 aliphatic carbocycles. The van der Waals surface area contributed by atoms with Crippen LogP contribution in [-0.2, 0) is 9.47 Å². The average Bonchev–Trinajstić information content (AvgIpc) is 2.26. The van der Waals surface area contributed by atoms with Crippen molar-refractivity contribution in [3.05, 3.63) is 12.2 Å². The molecule has 1 rings (SSSR count). The van der Waals surface area contributed by atoms with Gasteiger partial charge in [0.2, 0.25) is 0 Å². The zero-order chi connectivity index (χ0) is 13.4. The Morgan fingerprint density at radius 2 is 1.22 bits per heavy atom. The summed E-state index contributed by atoms with van der Waals surface area (Å²) >= 11 is 0. The molecule has 2 nitrogen and oxygen atoms in total. The lowest BCUT2D eigenvalue weighted by Crippen LogP contribution is -2.19. The SMILES string of the molecule is CC(C)CO[C@@H]1/C=C\[C@H](OCC(C)C)CCCC1. The first-order valence-corrected chi connectivity index (χ1v) is 7.49. The van der Waals surface area contributed by atoms with Crippen molar-refractivity contribution < 1.29 is 9.47 Å². The number of hydrogen-bond acceptors (Lipinski definition) is 2. The zero-order valence-corrected chi connectivity index (χ0v) is 12.5. The van der Waals surface area contributed by atoms with Crippen LogP contribution in [0.1, 0.15) is 53.4 Å². The van der Waals surface area contributed by atoms with Gasteiger partial charge in [0, 0.05) is 13.2 Å². The monoisotopic (exact) mass is 254 g/mol. The Morgan fingerprint density at radius 1 is 0.833 bits per heavy atom. The van der Waals surface area contributed by atoms with Crippen molar-refractivity contribution in [1.29, 1.82) is 0 Å². The Balaban J connectivity index is 2.38. The summed E-state index contributed by atoms with van der Waals surface area (Å²) in [6.45, 7) is 10.5. The van der Waals surface area contributed by atoms with Crippen LogP contribution in [0, 0.1) is 11.8 Å². The molecule has 0 bridgehead atoms. The van der Waals surface area contributed by atoms with E-state index in [0.29, 0.717) is 11.8 Å². The molecule has 0 radical (unpaired) electrons. The highest BCUT2D eigenvalue weighted by molar-refractivity contribution is 4.96. The number of ether oxygens (including phenoxy) is 2. The van der Waals surface area contributed by atoms with Crippen molar-refractivity contribution in [3.63, 3.8) is 0 Å². The van der Waals surface area contributed by atoms with Crippen LogP contribution in [-0.4, -0.2) is 25.4 Å². The standard InChI is InChI=1S/C16H30O2/c1-13(2)11-17-15-7-5-6-8-16(10-9-15)18-12-14(3)4/h9-10,13-16H,5-8,11-12H2,1-4H3/b10-9-/t15-,16+. The van der Waals surface area contributed by atoms with Crippen molar-refractivity contribution in [1.82, 2.24) is 0 Å². The van der Waals surface area contributed by atoms with Gasteiger partial charge in [-0.2, -0.15) is 0 Å². The van der Waals surface area contributed by atoms with E-state index in [-0.39, 0.29) is 12.2 Å². The van der Waals surface area contributed by atoms with Crippen LogP contribution >= 0.6 is 0 Å². The smallest absolute Gasteiger partial charge is 0.0756 e. The predicted molar refractivity (Wildman–Crippen MR) is 76.8 cm³/mol. The molecule has 0 aromatic carbocycles. The van der Waals surface area contributed by atoms with Gasteiger partial charge in [-0.1, -0.05) is 52.7 Å². The third-order valence-electron chi connectivity index (χ3n) is 3.05. The highest BCUT2D eigenvalue weighted by Gasteiger charge is 2.13. The molecule has 18 heavy (non-hydrogen) atoms. The van der Waals surface area contributed by atoms with Gasteiger partial charge < -0.3 is 9.47 Å². The molecule has 0 fully saturated rings. The third kappa shape index (κ3) is 7.17. The van der Waals surface area contributed by atoms with Gasteiger partial charge >= 0.3 is 0 Å². The summed E-state index contributed by atoms with van der Waals surface area (Å²) in [6.07, 6.45) is 9.80. The van der Waals surface area contributed by atoms with E-state index in [9.17, 15) is 0 Å². The van der Waals surface area contributed by atoms with Crippen LogP contribution in [0.2, 0.25) is 0 Å². The lowest BCUT2D eigenvalue weighted by Gasteiger charge is -2.22. The van der Waals surface area contributed by atoms with Gasteiger partial charge in [0.25, 0.3) is 0 Å². The fraction of sp³-hybridized carbons (Fsp3) is 0.875. The third-order valence-corrected chi connectivity index (χ3v) is 3.05. The Labute approximate surface area is 113 Å². The van der Waals surface area contributed by atoms with E-state index in [1.807, 2.05) is 0 Å². The maximum absolute atomic E-state index is 5.91. The first-order chi connectivity index (χ1) is 8.58. The van der Waals surface area contributed by atoms with Crippen molar-refractivity contribution in [2.75, 3.05) is 13.2 Å². The molecular formula is C16H30O2. The summed E-state index contributed by atoms with van der Waals surface area (Å²) in [7, 11) is 0. The van der Waals surface area contributed by atoms with Crippen LogP contribution in [0.4, 0.5) is 0 Å². The predicted octanol–water partition coefficient (Wildman–Crippen LogP) is 4.20. The second-order valence-electron chi connectivity index (χ2n) is 6.20. The summed E-state index contributed by atoms with van der Waals surface area (Å²) in [4.78, 5) is 0. The normalized spacial score (nSPS) is 27.2. The van der Waals surface area contributed by atoms with Crippen molar-refractivity contribution >= 4 is 0 Å². The van der Waals surface area contributed by atoms with E-state index in [2.05, 4.69) is 39.8 Å². The molecule has 0 N–H and O–H groups in total. The highest BCUT2D eigenvalue weighted by Crippen LogP contribution is 2.17. The Morgan fingerprint density at radius 3 is 1.56 bits per heavy atom. The molecule has 0 heterocycles. The molecule has 0 aromatic heterocycles. The van der Waals surface area contributed by atoms with Gasteiger partial charge in [0.05, 0.1) is 12.2 Å². The molecule has 106 valence electrons. The number of rotatable bonds is 6. The van der Waals surface area contributed by atoms with Crippen LogP contribution in [0.5, 0.6) is 0 Å². The van der Waals surface area contributed by atoms with Crippen molar-refractivity contribution in [2.24, 2.45) is 11.8 Å². The largest absolute Gasteiger partial charge is 0.374 e. The molecule has 2 atom stereocenters. The van der Waals surface area contributed by atoms with E-state index in [1.165, 1.54) is 12.8 Å². The average molecular weight is 254 g/mol. The lowest BCUT2D eigenvalue weighted by atomic mass is 10.0. The molecule has 0 spiro atoms. The molecule has 1 aliphatic rings. The highest BCUT2D eigenvalue weighted by atomic mass is 16.5. The van der Waals surface area contributed by atoms with Gasteiger partial charge in [-0.05, 0) is 24.7 Å². The quantitative estimate of drug-likeness (QED) is 0.661. The lowest BCUT2D eigenvalue weighted by molar-refractivity contribution is 0.0400. The van der Waals surface area contributed by atoms with Crippen LogP contribution in [0.3, 0.4) is 0 Å². The van der Waals surface area contributed by atoms with E-state index >= 15 is 0 Å². The molecule has 0 aromatic rings. The maximum atomic E-state index is 5.91. The minimum absolute atomic E-state index is 0.290. The van der Waals surface area contributed by atoms with E-state index in [1.54, 1.807) is 0 Å². The molecule has 0 amide bonds. The second kappa shape index (κ2) is 8.71. The van der Waals surface area contributed by atoms with Crippen LogP contribution < -0.4 is 0 Å². The van der Waals surface area contributed by atoms with Crippen LogP contribution in [0.25, 0.3) is 0 Å². The van der Waals surface area contributed by atoms with E-state index in [0.717, 1.165) is 26.1 Å². The molecular weight excluding hydrogens is 224 g/mol. The summed E-state index contributed by atoms with van der Waals surface area (Å²) in [5.74, 6) is 1.22. The topological polar surface area (TPSA) is 18.5 Å². The first-order valence-electron chi connectivity index (χ1n) is 7.49. The Hall–Kier alpha value is -0.340. The van der Waals surface area contributed by atoms with Crippen molar-refractivity contribution in [3.8, 4) is 0 Å². The molecule has 0 saturated heterocycles. The molecule has 2 heteroatoms. The summed E-state index contributed by atoms with van der Waals surface area (Å²) in [5, 5.41) is 0. The van der Waals surface area contributed by atoms with E-state index < -0.39 is 0 Å². The van der Waals surface area contributed by atoms with Gasteiger partial charge in [0.1, 0.15) is 0 Å². The van der Waals surface area contributed by atoms with Gasteiger partial charge in [0.15, 0.2) is 0 Å². The summed E-state index contributed by atoms with van der Waals surface area (Å²) in [5.41, 5.74) is 0. The Bertz CT molecular complexity index is 209. The van der Waals surface area contributed by atoms with E-state index in [4.69, 9.17) is 9.47 Å². The second-order valence-corrected chi connectivity index (χ2v) is 6.20. The summed E-state index contributed by atoms with van der Waals surface area (Å²) in [6, 6.07) is 0. The summed E-state index contributed by atoms with van der Waals surface area (Å²) < 4.78 is 11.8.